The van der Waals surface area contributed by atoms with E-state index >= 15 is 0 Å². The fourth-order valence-corrected chi connectivity index (χ4v) is 3.50. The first-order valence-corrected chi connectivity index (χ1v) is 8.86. The minimum absolute atomic E-state index is 0.490. The van der Waals surface area contributed by atoms with E-state index in [1.807, 2.05) is 22.8 Å². The van der Waals surface area contributed by atoms with E-state index in [4.69, 9.17) is 9.98 Å². The SMILES string of the molecule is c1ccc(C2=NCc3nncn3-c3ccc(N4CCNCC4)nc32)cc1. The van der Waals surface area contributed by atoms with Gasteiger partial charge in [-0.05, 0) is 12.1 Å². The number of aromatic nitrogens is 4. The van der Waals surface area contributed by atoms with Gasteiger partial charge in [0.2, 0.25) is 0 Å². The minimum Gasteiger partial charge on any atom is -0.354 e. The van der Waals surface area contributed by atoms with Gasteiger partial charge in [-0.2, -0.15) is 0 Å². The molecule has 1 fully saturated rings. The van der Waals surface area contributed by atoms with Gasteiger partial charge in [0.1, 0.15) is 24.4 Å². The molecule has 3 aromatic rings. The molecule has 130 valence electrons. The van der Waals surface area contributed by atoms with Crippen molar-refractivity contribution < 1.29 is 0 Å². The first-order valence-electron chi connectivity index (χ1n) is 8.86. The largest absolute Gasteiger partial charge is 0.354 e. The molecule has 0 atom stereocenters. The molecule has 5 rings (SSSR count). The van der Waals surface area contributed by atoms with Crippen LogP contribution in [0.15, 0.2) is 53.8 Å². The van der Waals surface area contributed by atoms with Gasteiger partial charge in [-0.25, -0.2) is 4.98 Å². The van der Waals surface area contributed by atoms with Crippen LogP contribution in [-0.4, -0.2) is 51.6 Å². The topological polar surface area (TPSA) is 71.2 Å². The maximum atomic E-state index is 5.02. The minimum atomic E-state index is 0.490. The Morgan fingerprint density at radius 3 is 2.65 bits per heavy atom. The number of hydrogen-bond donors (Lipinski definition) is 1. The van der Waals surface area contributed by atoms with Crippen LogP contribution < -0.4 is 10.2 Å². The average Bonchev–Trinajstić information content (AvgIpc) is 3.12. The van der Waals surface area contributed by atoms with Crippen molar-refractivity contribution in [2.45, 2.75) is 6.54 Å². The molecule has 1 N–H and O–H groups in total. The van der Waals surface area contributed by atoms with Gasteiger partial charge in [-0.3, -0.25) is 9.56 Å². The number of nitrogens with one attached hydrogen (secondary N) is 1. The normalized spacial score (nSPS) is 16.5. The second-order valence-electron chi connectivity index (χ2n) is 6.42. The molecular weight excluding hydrogens is 326 g/mol. The van der Waals surface area contributed by atoms with E-state index in [9.17, 15) is 0 Å². The molecule has 0 radical (unpaired) electrons. The molecule has 7 heteroatoms. The second-order valence-corrected chi connectivity index (χ2v) is 6.42. The van der Waals surface area contributed by atoms with Crippen LogP contribution in [0, 0.1) is 0 Å². The Labute approximate surface area is 151 Å². The Morgan fingerprint density at radius 2 is 1.81 bits per heavy atom. The predicted octanol–water partition coefficient (Wildman–Crippen LogP) is 1.42. The van der Waals surface area contributed by atoms with Crippen molar-refractivity contribution in [3.63, 3.8) is 0 Å². The Kier molecular flexibility index (Phi) is 3.71. The lowest BCUT2D eigenvalue weighted by Crippen LogP contribution is -2.44. The van der Waals surface area contributed by atoms with Crippen molar-refractivity contribution in [1.29, 1.82) is 0 Å². The summed E-state index contributed by atoms with van der Waals surface area (Å²) in [7, 11) is 0. The highest BCUT2D eigenvalue weighted by Gasteiger charge is 2.23. The highest BCUT2D eigenvalue weighted by atomic mass is 15.3. The van der Waals surface area contributed by atoms with Gasteiger partial charge in [0.25, 0.3) is 0 Å². The summed E-state index contributed by atoms with van der Waals surface area (Å²) in [5, 5.41) is 11.7. The Balaban J connectivity index is 1.67. The third-order valence-electron chi connectivity index (χ3n) is 4.83. The molecule has 0 unspecified atom stereocenters. The Hall–Kier alpha value is -3.06. The van der Waals surface area contributed by atoms with Crippen molar-refractivity contribution in [2.75, 3.05) is 31.1 Å². The van der Waals surface area contributed by atoms with Crippen LogP contribution in [0.2, 0.25) is 0 Å². The maximum Gasteiger partial charge on any atom is 0.159 e. The molecule has 2 aliphatic rings. The van der Waals surface area contributed by atoms with E-state index in [0.29, 0.717) is 6.54 Å². The highest BCUT2D eigenvalue weighted by Crippen LogP contribution is 2.25. The third-order valence-corrected chi connectivity index (χ3v) is 4.83. The predicted molar refractivity (Wildman–Crippen MR) is 100 cm³/mol. The van der Waals surface area contributed by atoms with Crippen molar-refractivity contribution in [3.8, 4) is 5.69 Å². The van der Waals surface area contributed by atoms with Crippen LogP contribution in [0.5, 0.6) is 0 Å². The summed E-state index contributed by atoms with van der Waals surface area (Å²) in [5.74, 6) is 1.82. The highest BCUT2D eigenvalue weighted by molar-refractivity contribution is 6.14. The number of hydrogen-bond acceptors (Lipinski definition) is 6. The van der Waals surface area contributed by atoms with E-state index < -0.39 is 0 Å². The Morgan fingerprint density at radius 1 is 0.962 bits per heavy atom. The smallest absolute Gasteiger partial charge is 0.159 e. The average molecular weight is 345 g/mol. The summed E-state index contributed by atoms with van der Waals surface area (Å²) in [6.07, 6.45) is 1.74. The van der Waals surface area contributed by atoms with Crippen LogP contribution in [0.4, 0.5) is 5.82 Å². The zero-order valence-electron chi connectivity index (χ0n) is 14.3. The third kappa shape index (κ3) is 2.57. The lowest BCUT2D eigenvalue weighted by molar-refractivity contribution is 0.585. The van der Waals surface area contributed by atoms with Crippen LogP contribution in [0.25, 0.3) is 5.69 Å². The molecule has 0 spiro atoms. The molecular formula is C19H19N7. The molecule has 2 aliphatic heterocycles. The zero-order chi connectivity index (χ0) is 17.3. The van der Waals surface area contributed by atoms with Gasteiger partial charge in [-0.15, -0.1) is 10.2 Å². The fraction of sp³-hybridized carbons (Fsp3) is 0.263. The lowest BCUT2D eigenvalue weighted by Gasteiger charge is -2.29. The summed E-state index contributed by atoms with van der Waals surface area (Å²) >= 11 is 0. The monoisotopic (exact) mass is 345 g/mol. The molecule has 0 aliphatic carbocycles. The van der Waals surface area contributed by atoms with E-state index in [1.165, 1.54) is 0 Å². The van der Waals surface area contributed by atoms with E-state index in [2.05, 4.69) is 44.7 Å². The number of aliphatic imine (C=N–C) groups is 1. The molecule has 2 aromatic heterocycles. The Bertz CT molecular complexity index is 955. The van der Waals surface area contributed by atoms with Gasteiger partial charge >= 0.3 is 0 Å². The molecule has 0 bridgehead atoms. The first-order chi connectivity index (χ1) is 12.9. The standard InChI is InChI=1S/C19H19N7/c1-2-4-14(5-3-1)18-19-15(26-13-22-24-17(26)12-21-18)6-7-16(23-19)25-10-8-20-9-11-25/h1-7,13,20H,8-12H2. The van der Waals surface area contributed by atoms with Crippen molar-refractivity contribution in [3.05, 3.63) is 65.9 Å². The van der Waals surface area contributed by atoms with Crippen molar-refractivity contribution in [2.24, 2.45) is 4.99 Å². The van der Waals surface area contributed by atoms with Gasteiger partial charge in [-0.1, -0.05) is 30.3 Å². The fourth-order valence-electron chi connectivity index (χ4n) is 3.50. The number of piperazine rings is 1. The van der Waals surface area contributed by atoms with Gasteiger partial charge in [0.15, 0.2) is 5.82 Å². The first kappa shape index (κ1) is 15.2. The van der Waals surface area contributed by atoms with Gasteiger partial charge < -0.3 is 10.2 Å². The summed E-state index contributed by atoms with van der Waals surface area (Å²) in [4.78, 5) is 12.2. The number of fused-ring (bicyclic) bond motifs is 3. The van der Waals surface area contributed by atoms with Gasteiger partial charge in [0.05, 0.1) is 11.4 Å². The summed E-state index contributed by atoms with van der Waals surface area (Å²) in [6, 6.07) is 14.4. The van der Waals surface area contributed by atoms with E-state index in [0.717, 1.165) is 60.5 Å². The number of anilines is 1. The number of benzene rings is 1. The molecule has 0 saturated carbocycles. The molecule has 1 aromatic carbocycles. The van der Waals surface area contributed by atoms with Crippen LogP contribution in [0.3, 0.4) is 0 Å². The second kappa shape index (κ2) is 6.34. The van der Waals surface area contributed by atoms with Crippen molar-refractivity contribution in [1.82, 2.24) is 25.1 Å². The van der Waals surface area contributed by atoms with Crippen molar-refractivity contribution >= 4 is 11.5 Å². The molecule has 26 heavy (non-hydrogen) atoms. The molecule has 4 heterocycles. The maximum absolute atomic E-state index is 5.02. The number of rotatable bonds is 2. The van der Waals surface area contributed by atoms with Crippen LogP contribution >= 0.6 is 0 Å². The molecule has 1 saturated heterocycles. The lowest BCUT2D eigenvalue weighted by atomic mass is 10.1. The van der Waals surface area contributed by atoms with Crippen LogP contribution in [-0.2, 0) is 6.54 Å². The van der Waals surface area contributed by atoms with Crippen LogP contribution in [0.1, 0.15) is 17.1 Å². The van der Waals surface area contributed by atoms with E-state index in [1.54, 1.807) is 6.33 Å². The molecule has 7 nitrogen and oxygen atoms in total. The quantitative estimate of drug-likeness (QED) is 0.761. The summed E-state index contributed by atoms with van der Waals surface area (Å²) in [5.41, 5.74) is 3.83. The summed E-state index contributed by atoms with van der Waals surface area (Å²) < 4.78 is 1.99. The zero-order valence-corrected chi connectivity index (χ0v) is 14.3. The van der Waals surface area contributed by atoms with E-state index in [-0.39, 0.29) is 0 Å². The number of nitrogens with zero attached hydrogens (tertiary/aromatic N) is 6. The van der Waals surface area contributed by atoms with Gasteiger partial charge in [0, 0.05) is 31.7 Å². The summed E-state index contributed by atoms with van der Waals surface area (Å²) in [6.45, 7) is 4.37. The number of pyridine rings is 1. The molecule has 0 amide bonds.